The highest BCUT2D eigenvalue weighted by molar-refractivity contribution is 7.22. The van der Waals surface area contributed by atoms with E-state index in [2.05, 4.69) is 9.97 Å². The van der Waals surface area contributed by atoms with Gasteiger partial charge in [0.1, 0.15) is 23.5 Å². The normalized spacial score (nSPS) is 16.5. The fourth-order valence-electron chi connectivity index (χ4n) is 3.80. The van der Waals surface area contributed by atoms with Crippen molar-refractivity contribution < 1.29 is 18.0 Å². The van der Waals surface area contributed by atoms with Crippen LogP contribution in [-0.2, 0) is 11.0 Å². The van der Waals surface area contributed by atoms with Gasteiger partial charge in [0, 0.05) is 19.3 Å². The van der Waals surface area contributed by atoms with Crippen molar-refractivity contribution in [3.8, 4) is 6.07 Å². The zero-order valence-electron chi connectivity index (χ0n) is 16.8. The molecule has 1 saturated heterocycles. The average Bonchev–Trinajstić information content (AvgIpc) is 3.38. The number of carbonyl (C=O) groups is 1. The van der Waals surface area contributed by atoms with Gasteiger partial charge in [0.2, 0.25) is 0 Å². The van der Waals surface area contributed by atoms with Gasteiger partial charge in [0.05, 0.1) is 15.8 Å². The number of hydrogen-bond acceptors (Lipinski definition) is 6. The van der Waals surface area contributed by atoms with Gasteiger partial charge in [-0.3, -0.25) is 9.69 Å². The van der Waals surface area contributed by atoms with Crippen LogP contribution in [0.5, 0.6) is 0 Å². The first-order valence-electron chi connectivity index (χ1n) is 9.59. The third-order valence-corrected chi connectivity index (χ3v) is 6.37. The molecule has 1 aromatic carbocycles. The Morgan fingerprint density at radius 3 is 2.74 bits per heavy atom. The van der Waals surface area contributed by atoms with Gasteiger partial charge in [-0.2, -0.15) is 18.4 Å². The second kappa shape index (κ2) is 7.81. The number of nitrogens with zero attached hydrogens (tertiary/aromatic N) is 5. The first kappa shape index (κ1) is 21.1. The number of hydrogen-bond donors (Lipinski definition) is 0. The molecule has 3 heterocycles. The Morgan fingerprint density at radius 1 is 1.32 bits per heavy atom. The highest BCUT2D eigenvalue weighted by Gasteiger charge is 2.40. The number of likely N-dealkylation sites (N-methyl/N-ethyl adjacent to an activating group) is 1. The summed E-state index contributed by atoms with van der Waals surface area (Å²) in [6.45, 7) is 1.78. The van der Waals surface area contributed by atoms with Crippen molar-refractivity contribution >= 4 is 38.4 Å². The first-order chi connectivity index (χ1) is 14.7. The van der Waals surface area contributed by atoms with Crippen molar-refractivity contribution in [2.24, 2.45) is 0 Å². The summed E-state index contributed by atoms with van der Waals surface area (Å²) in [5.74, 6) is -0.388. The minimum absolute atomic E-state index is 0.0941. The number of nitriles is 1. The quantitative estimate of drug-likeness (QED) is 0.593. The van der Waals surface area contributed by atoms with Crippen molar-refractivity contribution in [2.45, 2.75) is 32.0 Å². The highest BCUT2D eigenvalue weighted by Crippen LogP contribution is 2.38. The van der Waals surface area contributed by atoms with E-state index in [4.69, 9.17) is 0 Å². The van der Waals surface area contributed by atoms with Gasteiger partial charge in [0.25, 0.3) is 5.91 Å². The van der Waals surface area contributed by atoms with Crippen LogP contribution in [0, 0.1) is 18.3 Å². The fourth-order valence-corrected chi connectivity index (χ4v) is 4.73. The maximum atomic E-state index is 13.5. The van der Waals surface area contributed by atoms with Crippen LogP contribution in [0.1, 0.15) is 29.7 Å². The Labute approximate surface area is 180 Å². The van der Waals surface area contributed by atoms with Crippen molar-refractivity contribution in [3.05, 3.63) is 47.2 Å². The zero-order valence-corrected chi connectivity index (χ0v) is 17.6. The molecule has 1 fully saturated rings. The number of amides is 1. The molecule has 1 amide bonds. The largest absolute Gasteiger partial charge is 0.417 e. The predicted molar refractivity (Wildman–Crippen MR) is 112 cm³/mol. The molecule has 0 N–H and O–H groups in total. The number of pyridine rings is 1. The Balaban J connectivity index is 1.70. The molecule has 0 saturated carbocycles. The molecular weight excluding hydrogens is 427 g/mol. The summed E-state index contributed by atoms with van der Waals surface area (Å²) in [7, 11) is 1.60. The van der Waals surface area contributed by atoms with E-state index in [-0.39, 0.29) is 17.4 Å². The molecule has 0 radical (unpaired) electrons. The Bertz CT molecular complexity index is 1170. The number of para-hydroxylation sites is 1. The number of rotatable bonds is 3. The smallest absolute Gasteiger partial charge is 0.343 e. The minimum atomic E-state index is -4.69. The van der Waals surface area contributed by atoms with Gasteiger partial charge >= 0.3 is 6.18 Å². The number of benzene rings is 1. The van der Waals surface area contributed by atoms with E-state index in [9.17, 15) is 23.2 Å². The lowest BCUT2D eigenvalue weighted by Crippen LogP contribution is -2.45. The second-order valence-electron chi connectivity index (χ2n) is 7.33. The second-order valence-corrected chi connectivity index (χ2v) is 8.34. The lowest BCUT2D eigenvalue weighted by molar-refractivity contribution is -0.137. The maximum absolute atomic E-state index is 13.5. The van der Waals surface area contributed by atoms with E-state index < -0.39 is 23.3 Å². The molecule has 4 rings (SSSR count). The number of fused-ring (bicyclic) bond motifs is 1. The summed E-state index contributed by atoms with van der Waals surface area (Å²) in [6.07, 6.45) is -3.63. The summed E-state index contributed by atoms with van der Waals surface area (Å²) >= 11 is 1.36. The van der Waals surface area contributed by atoms with Crippen LogP contribution in [0.15, 0.2) is 30.3 Å². The summed E-state index contributed by atoms with van der Waals surface area (Å²) in [4.78, 5) is 24.9. The van der Waals surface area contributed by atoms with Crippen LogP contribution in [0.2, 0.25) is 0 Å². The van der Waals surface area contributed by atoms with Crippen LogP contribution >= 0.6 is 11.3 Å². The number of anilines is 2. The van der Waals surface area contributed by atoms with Gasteiger partial charge in [-0.15, -0.1) is 0 Å². The van der Waals surface area contributed by atoms with Crippen molar-refractivity contribution in [1.29, 1.82) is 5.26 Å². The molecule has 31 heavy (non-hydrogen) atoms. The standard InChI is InChI=1S/C21H18F3N5OS/c1-12-10-14(21(22,23)24)13(11-25)18(26-12)29-9-5-7-16(29)19(30)28(2)20-27-15-6-3-4-8-17(15)31-20/h3-4,6,8,10,16H,5,7,9H2,1-2H3/t16-/m0/s1. The van der Waals surface area contributed by atoms with Crippen LogP contribution < -0.4 is 9.80 Å². The molecule has 2 aromatic heterocycles. The van der Waals surface area contributed by atoms with E-state index in [1.165, 1.54) is 28.1 Å². The molecule has 3 aromatic rings. The van der Waals surface area contributed by atoms with Gasteiger partial charge < -0.3 is 4.90 Å². The third-order valence-electron chi connectivity index (χ3n) is 5.26. The number of alkyl halides is 3. The molecule has 6 nitrogen and oxygen atoms in total. The predicted octanol–water partition coefficient (Wildman–Crippen LogP) is 4.52. The van der Waals surface area contributed by atoms with Crippen LogP contribution in [-0.4, -0.2) is 35.5 Å². The first-order valence-corrected chi connectivity index (χ1v) is 10.4. The number of thiazole rings is 1. The van der Waals surface area contributed by atoms with Gasteiger partial charge in [0.15, 0.2) is 5.13 Å². The lowest BCUT2D eigenvalue weighted by Gasteiger charge is -2.29. The Morgan fingerprint density at radius 2 is 2.06 bits per heavy atom. The molecule has 1 atom stereocenters. The number of carbonyl (C=O) groups excluding carboxylic acids is 1. The summed E-state index contributed by atoms with van der Waals surface area (Å²) < 4.78 is 41.5. The molecule has 0 bridgehead atoms. The van der Waals surface area contributed by atoms with E-state index in [1.54, 1.807) is 13.1 Å². The van der Waals surface area contributed by atoms with E-state index in [0.717, 1.165) is 16.3 Å². The molecule has 0 aliphatic carbocycles. The average molecular weight is 445 g/mol. The SMILES string of the molecule is Cc1cc(C(F)(F)F)c(C#N)c(N2CCC[C@H]2C(=O)N(C)c2nc3ccccc3s2)n1. The summed E-state index contributed by atoms with van der Waals surface area (Å²) in [5.41, 5.74) is -0.679. The molecular formula is C21H18F3N5OS. The summed E-state index contributed by atoms with van der Waals surface area (Å²) in [6, 6.07) is 9.30. The van der Waals surface area contributed by atoms with E-state index in [0.29, 0.717) is 24.5 Å². The molecule has 0 spiro atoms. The fraction of sp³-hybridized carbons (Fsp3) is 0.333. The van der Waals surface area contributed by atoms with E-state index in [1.807, 2.05) is 24.3 Å². The van der Waals surface area contributed by atoms with E-state index >= 15 is 0 Å². The zero-order chi connectivity index (χ0) is 22.3. The Kier molecular flexibility index (Phi) is 5.31. The van der Waals surface area contributed by atoms with Crippen LogP contribution in [0.3, 0.4) is 0 Å². The number of aromatic nitrogens is 2. The van der Waals surface area contributed by atoms with Crippen molar-refractivity contribution in [2.75, 3.05) is 23.4 Å². The number of halogens is 3. The van der Waals surface area contributed by atoms with Crippen molar-refractivity contribution in [1.82, 2.24) is 9.97 Å². The molecule has 160 valence electrons. The molecule has 0 unspecified atom stereocenters. The van der Waals surface area contributed by atoms with Gasteiger partial charge in [-0.1, -0.05) is 23.5 Å². The monoisotopic (exact) mass is 445 g/mol. The topological polar surface area (TPSA) is 73.1 Å². The number of aryl methyl sites for hydroxylation is 1. The molecule has 1 aliphatic heterocycles. The van der Waals surface area contributed by atoms with Crippen LogP contribution in [0.4, 0.5) is 24.1 Å². The highest BCUT2D eigenvalue weighted by atomic mass is 32.1. The molecule has 1 aliphatic rings. The minimum Gasteiger partial charge on any atom is -0.343 e. The third kappa shape index (κ3) is 3.81. The summed E-state index contributed by atoms with van der Waals surface area (Å²) in [5, 5.41) is 9.99. The molecule has 10 heteroatoms. The van der Waals surface area contributed by atoms with Gasteiger partial charge in [-0.05, 0) is 38.0 Å². The van der Waals surface area contributed by atoms with Crippen molar-refractivity contribution in [3.63, 3.8) is 0 Å². The maximum Gasteiger partial charge on any atom is 0.417 e. The van der Waals surface area contributed by atoms with Crippen LogP contribution in [0.25, 0.3) is 10.2 Å². The van der Waals surface area contributed by atoms with Gasteiger partial charge in [-0.25, -0.2) is 9.97 Å². The Hall–Kier alpha value is -3.19. The lowest BCUT2D eigenvalue weighted by atomic mass is 10.1.